The molecule has 2 aromatic rings. The fourth-order valence-corrected chi connectivity index (χ4v) is 4.16. The molecule has 174 valence electrons. The molecule has 3 rings (SSSR count). The number of carbonyl (C=O) groups is 1. The van der Waals surface area contributed by atoms with Gasteiger partial charge in [-0.3, -0.25) is 4.90 Å². The minimum Gasteiger partial charge on any atom is -0.506 e. The zero-order valence-corrected chi connectivity index (χ0v) is 20.3. The summed E-state index contributed by atoms with van der Waals surface area (Å²) in [5.41, 5.74) is 8.34. The molecule has 0 saturated carbocycles. The van der Waals surface area contributed by atoms with Crippen LogP contribution >= 0.6 is 0 Å². The lowest BCUT2D eigenvalue weighted by Crippen LogP contribution is -2.48. The monoisotopic (exact) mass is 457 g/mol. The second-order valence-electron chi connectivity index (χ2n) is 9.48. The van der Waals surface area contributed by atoms with Crippen molar-refractivity contribution in [2.24, 2.45) is 0 Å². The standard InChI is InChI=1S/C24H35N3O4Si/c1-32(2,3)16-15-30-24(29)27-13-11-26(12-14-27)17-19-7-9-20(10-8-19)18-31-22-6-4-5-21(28)23(22)25/h4-10,28H,11-18,25H2,1-3H3. The van der Waals surface area contributed by atoms with E-state index in [-0.39, 0.29) is 17.5 Å². The molecule has 0 bridgehead atoms. The summed E-state index contributed by atoms with van der Waals surface area (Å²) in [4.78, 5) is 16.4. The number of piperazine rings is 1. The summed E-state index contributed by atoms with van der Waals surface area (Å²) in [7, 11) is -1.19. The van der Waals surface area contributed by atoms with Crippen LogP contribution in [-0.4, -0.2) is 61.9 Å². The fourth-order valence-electron chi connectivity index (χ4n) is 3.44. The summed E-state index contributed by atoms with van der Waals surface area (Å²) >= 11 is 0. The van der Waals surface area contributed by atoms with Gasteiger partial charge in [0.1, 0.15) is 23.8 Å². The van der Waals surface area contributed by atoms with Crippen LogP contribution in [0, 0.1) is 0 Å². The number of anilines is 1. The van der Waals surface area contributed by atoms with Crippen LogP contribution < -0.4 is 10.5 Å². The van der Waals surface area contributed by atoms with Crippen molar-refractivity contribution in [2.75, 3.05) is 38.5 Å². The van der Waals surface area contributed by atoms with Crippen molar-refractivity contribution in [2.45, 2.75) is 38.8 Å². The van der Waals surface area contributed by atoms with E-state index in [1.807, 2.05) is 17.0 Å². The number of hydrogen-bond donors (Lipinski definition) is 2. The Morgan fingerprint density at radius 1 is 1.03 bits per heavy atom. The summed E-state index contributed by atoms with van der Waals surface area (Å²) in [5, 5.41) is 9.67. The van der Waals surface area contributed by atoms with Crippen LogP contribution in [0.3, 0.4) is 0 Å². The van der Waals surface area contributed by atoms with E-state index in [0.717, 1.165) is 31.2 Å². The summed E-state index contributed by atoms with van der Waals surface area (Å²) in [6, 6.07) is 14.3. The van der Waals surface area contributed by atoms with Crippen LogP contribution in [0.1, 0.15) is 11.1 Å². The zero-order chi connectivity index (χ0) is 23.1. The number of nitrogens with two attached hydrogens (primary N) is 1. The summed E-state index contributed by atoms with van der Waals surface area (Å²) < 4.78 is 11.2. The van der Waals surface area contributed by atoms with E-state index < -0.39 is 8.07 Å². The number of nitrogens with zero attached hydrogens (tertiary/aromatic N) is 2. The number of ether oxygens (including phenoxy) is 2. The summed E-state index contributed by atoms with van der Waals surface area (Å²) in [6.45, 7) is 11.7. The second kappa shape index (κ2) is 10.7. The molecule has 2 aromatic carbocycles. The lowest BCUT2D eigenvalue weighted by atomic mass is 10.1. The quantitative estimate of drug-likeness (QED) is 0.352. The maximum Gasteiger partial charge on any atom is 0.409 e. The van der Waals surface area contributed by atoms with E-state index in [2.05, 4.69) is 36.7 Å². The number of nitrogen functional groups attached to an aromatic ring is 1. The fraction of sp³-hybridized carbons (Fsp3) is 0.458. The normalized spacial score (nSPS) is 14.9. The number of phenolic OH excluding ortho intramolecular Hbond substituents is 1. The van der Waals surface area contributed by atoms with Crippen LogP contribution in [-0.2, 0) is 17.9 Å². The Bertz CT molecular complexity index is 891. The van der Waals surface area contributed by atoms with Gasteiger partial charge in [0.05, 0.1) is 6.61 Å². The molecule has 0 aliphatic carbocycles. The molecule has 0 radical (unpaired) electrons. The molecular weight excluding hydrogens is 422 g/mol. The molecule has 1 heterocycles. The number of phenols is 1. The van der Waals surface area contributed by atoms with E-state index in [1.54, 1.807) is 12.1 Å². The van der Waals surface area contributed by atoms with Gasteiger partial charge >= 0.3 is 6.09 Å². The van der Waals surface area contributed by atoms with Gasteiger partial charge in [-0.2, -0.15) is 0 Å². The molecule has 3 N–H and O–H groups in total. The molecule has 0 unspecified atom stereocenters. The molecule has 8 heteroatoms. The van der Waals surface area contributed by atoms with E-state index in [1.165, 1.54) is 11.6 Å². The second-order valence-corrected chi connectivity index (χ2v) is 15.1. The van der Waals surface area contributed by atoms with Gasteiger partial charge in [0.2, 0.25) is 0 Å². The Morgan fingerprint density at radius 2 is 1.69 bits per heavy atom. The molecule has 1 fully saturated rings. The van der Waals surface area contributed by atoms with E-state index in [9.17, 15) is 9.90 Å². The smallest absolute Gasteiger partial charge is 0.409 e. The first-order valence-corrected chi connectivity index (χ1v) is 14.8. The van der Waals surface area contributed by atoms with Gasteiger partial charge in [0.15, 0.2) is 0 Å². The number of para-hydroxylation sites is 1. The number of benzene rings is 2. The number of aromatic hydroxyl groups is 1. The highest BCUT2D eigenvalue weighted by Crippen LogP contribution is 2.30. The first-order chi connectivity index (χ1) is 15.2. The van der Waals surface area contributed by atoms with E-state index >= 15 is 0 Å². The molecule has 0 spiro atoms. The first kappa shape index (κ1) is 23.9. The average Bonchev–Trinajstić information content (AvgIpc) is 2.75. The SMILES string of the molecule is C[Si](C)(C)CCOC(=O)N1CCN(Cc2ccc(COc3cccc(O)c3N)cc2)CC1. The molecule has 0 atom stereocenters. The van der Waals surface area contributed by atoms with Gasteiger partial charge in [0.25, 0.3) is 0 Å². The molecule has 1 saturated heterocycles. The van der Waals surface area contributed by atoms with Gasteiger partial charge in [-0.15, -0.1) is 0 Å². The lowest BCUT2D eigenvalue weighted by molar-refractivity contribution is 0.0776. The lowest BCUT2D eigenvalue weighted by Gasteiger charge is -2.34. The topological polar surface area (TPSA) is 88.3 Å². The Balaban J connectivity index is 1.40. The molecule has 0 aromatic heterocycles. The van der Waals surface area contributed by atoms with Crippen molar-refractivity contribution in [3.63, 3.8) is 0 Å². The van der Waals surface area contributed by atoms with Gasteiger partial charge in [-0.1, -0.05) is 50.0 Å². The third-order valence-corrected chi connectivity index (χ3v) is 7.28. The molecule has 7 nitrogen and oxygen atoms in total. The molecule has 1 amide bonds. The maximum absolute atomic E-state index is 12.3. The maximum atomic E-state index is 12.3. The predicted molar refractivity (Wildman–Crippen MR) is 130 cm³/mol. The Labute approximate surface area is 191 Å². The highest BCUT2D eigenvalue weighted by Gasteiger charge is 2.23. The van der Waals surface area contributed by atoms with Crippen molar-refractivity contribution in [3.8, 4) is 11.5 Å². The number of amides is 1. The van der Waals surface area contributed by atoms with Gasteiger partial charge < -0.3 is 25.2 Å². The van der Waals surface area contributed by atoms with Gasteiger partial charge in [0, 0.05) is 40.8 Å². The predicted octanol–water partition coefficient (Wildman–Crippen LogP) is 4.15. The van der Waals surface area contributed by atoms with Crippen molar-refractivity contribution in [3.05, 3.63) is 53.6 Å². The highest BCUT2D eigenvalue weighted by atomic mass is 28.3. The van der Waals surface area contributed by atoms with Crippen molar-refractivity contribution >= 4 is 19.9 Å². The van der Waals surface area contributed by atoms with Crippen molar-refractivity contribution in [1.82, 2.24) is 9.80 Å². The zero-order valence-electron chi connectivity index (χ0n) is 19.3. The summed E-state index contributed by atoms with van der Waals surface area (Å²) in [6.07, 6.45) is -0.181. The number of rotatable bonds is 8. The molecule has 1 aliphatic rings. The minimum absolute atomic E-state index is 0.0257. The van der Waals surface area contributed by atoms with Crippen LogP contribution in [0.15, 0.2) is 42.5 Å². The van der Waals surface area contributed by atoms with Gasteiger partial charge in [-0.05, 0) is 29.3 Å². The third kappa shape index (κ3) is 7.17. The van der Waals surface area contributed by atoms with Crippen LogP contribution in [0.2, 0.25) is 25.7 Å². The minimum atomic E-state index is -1.19. The largest absolute Gasteiger partial charge is 0.506 e. The highest BCUT2D eigenvalue weighted by molar-refractivity contribution is 6.76. The first-order valence-electron chi connectivity index (χ1n) is 11.1. The Morgan fingerprint density at radius 3 is 2.34 bits per heavy atom. The van der Waals surface area contributed by atoms with Crippen LogP contribution in [0.4, 0.5) is 10.5 Å². The Kier molecular flexibility index (Phi) is 8.03. The third-order valence-electron chi connectivity index (χ3n) is 5.57. The van der Waals surface area contributed by atoms with Crippen LogP contribution in [0.25, 0.3) is 0 Å². The number of carbonyl (C=O) groups excluding carboxylic acids is 1. The van der Waals surface area contributed by atoms with E-state index in [4.69, 9.17) is 15.2 Å². The van der Waals surface area contributed by atoms with E-state index in [0.29, 0.717) is 32.1 Å². The molecule has 32 heavy (non-hydrogen) atoms. The molecule has 1 aliphatic heterocycles. The van der Waals surface area contributed by atoms with Crippen molar-refractivity contribution < 1.29 is 19.4 Å². The molecular formula is C24H35N3O4Si. The summed E-state index contributed by atoms with van der Waals surface area (Å²) in [5.74, 6) is 0.503. The Hall–Kier alpha value is -2.71. The van der Waals surface area contributed by atoms with Gasteiger partial charge in [-0.25, -0.2) is 4.79 Å². The van der Waals surface area contributed by atoms with Crippen molar-refractivity contribution in [1.29, 1.82) is 0 Å². The number of hydrogen-bond acceptors (Lipinski definition) is 6. The van der Waals surface area contributed by atoms with Crippen LogP contribution in [0.5, 0.6) is 11.5 Å². The average molecular weight is 458 g/mol.